The average molecular weight is 253 g/mol. The van der Waals surface area contributed by atoms with Crippen molar-refractivity contribution in [2.75, 3.05) is 13.6 Å². The molecule has 3 nitrogen and oxygen atoms in total. The minimum Gasteiger partial charge on any atom is -0.423 e. The summed E-state index contributed by atoms with van der Waals surface area (Å²) >= 11 is 0. The maximum Gasteiger partial charge on any atom is 0.491 e. The molecule has 1 rings (SSSR count). The van der Waals surface area contributed by atoms with Gasteiger partial charge in [-0.1, -0.05) is 32.9 Å². The molecule has 0 radical (unpaired) electrons. The Labute approximate surface area is 108 Å². The van der Waals surface area contributed by atoms with Gasteiger partial charge >= 0.3 is 7.12 Å². The highest BCUT2D eigenvalue weighted by Crippen LogP contribution is 2.15. The summed E-state index contributed by atoms with van der Waals surface area (Å²) in [6.07, 6.45) is 0. The molecule has 0 unspecified atom stereocenters. The second kappa shape index (κ2) is 5.82. The lowest BCUT2D eigenvalue weighted by Gasteiger charge is -2.26. The standard InChI is InChI=1S/C13H21BFNO2/c1-13(2,3)9-16(4)8-10-5-6-12(15)11(7-10)14(17)18/h5-7,17-18H,8-9H2,1-4H3. The van der Waals surface area contributed by atoms with Gasteiger partial charge in [0.25, 0.3) is 0 Å². The highest BCUT2D eigenvalue weighted by atomic mass is 19.1. The number of halogens is 1. The third-order valence-electron chi connectivity index (χ3n) is 2.54. The SMILES string of the molecule is CN(Cc1ccc(F)c(B(O)O)c1)CC(C)(C)C. The molecule has 18 heavy (non-hydrogen) atoms. The second-order valence-corrected chi connectivity index (χ2v) is 5.96. The first-order valence-corrected chi connectivity index (χ1v) is 6.02. The van der Waals surface area contributed by atoms with E-state index < -0.39 is 12.9 Å². The molecule has 0 heterocycles. The van der Waals surface area contributed by atoms with Crippen LogP contribution in [0.4, 0.5) is 4.39 Å². The largest absolute Gasteiger partial charge is 0.491 e. The van der Waals surface area contributed by atoms with Gasteiger partial charge in [0.15, 0.2) is 0 Å². The lowest BCUT2D eigenvalue weighted by atomic mass is 9.79. The second-order valence-electron chi connectivity index (χ2n) is 5.96. The Kier molecular flexibility index (Phi) is 4.90. The highest BCUT2D eigenvalue weighted by molar-refractivity contribution is 6.58. The average Bonchev–Trinajstić information content (AvgIpc) is 2.17. The van der Waals surface area contributed by atoms with Gasteiger partial charge < -0.3 is 14.9 Å². The molecule has 2 N–H and O–H groups in total. The molecule has 100 valence electrons. The van der Waals surface area contributed by atoms with Gasteiger partial charge in [-0.3, -0.25) is 0 Å². The summed E-state index contributed by atoms with van der Waals surface area (Å²) in [4.78, 5) is 2.13. The van der Waals surface area contributed by atoms with Crippen LogP contribution in [0.5, 0.6) is 0 Å². The summed E-state index contributed by atoms with van der Waals surface area (Å²) in [5.74, 6) is -0.591. The van der Waals surface area contributed by atoms with Gasteiger partial charge in [-0.05, 0) is 24.1 Å². The molecule has 0 bridgehead atoms. The van der Waals surface area contributed by atoms with Crippen LogP contribution in [0.1, 0.15) is 26.3 Å². The smallest absolute Gasteiger partial charge is 0.423 e. The van der Waals surface area contributed by atoms with Gasteiger partial charge in [0.05, 0.1) is 0 Å². The zero-order chi connectivity index (χ0) is 13.9. The third kappa shape index (κ3) is 4.76. The maximum atomic E-state index is 13.3. The summed E-state index contributed by atoms with van der Waals surface area (Å²) in [5.41, 5.74) is 0.983. The van der Waals surface area contributed by atoms with Gasteiger partial charge in [0.1, 0.15) is 5.82 Å². The molecule has 1 aromatic rings. The Morgan fingerprint density at radius 3 is 2.39 bits per heavy atom. The van der Waals surface area contributed by atoms with Crippen molar-refractivity contribution in [2.24, 2.45) is 5.41 Å². The number of rotatable bonds is 4. The van der Waals surface area contributed by atoms with Gasteiger partial charge in [0, 0.05) is 18.6 Å². The van der Waals surface area contributed by atoms with Crippen LogP contribution < -0.4 is 5.46 Å². The first-order valence-electron chi connectivity index (χ1n) is 6.02. The summed E-state index contributed by atoms with van der Waals surface area (Å²) in [5, 5.41) is 18.1. The predicted octanol–water partition coefficient (Wildman–Crippen LogP) is 0.983. The summed E-state index contributed by atoms with van der Waals surface area (Å²) in [6, 6.07) is 4.44. The fourth-order valence-corrected chi connectivity index (χ4v) is 2.07. The van der Waals surface area contributed by atoms with Gasteiger partial charge in [0.2, 0.25) is 0 Å². The van der Waals surface area contributed by atoms with E-state index in [2.05, 4.69) is 25.7 Å². The Bertz CT molecular complexity index is 404. The molecule has 0 spiro atoms. The van der Waals surface area contributed by atoms with Crippen molar-refractivity contribution in [3.8, 4) is 0 Å². The molecular weight excluding hydrogens is 232 g/mol. The van der Waals surface area contributed by atoms with Crippen molar-refractivity contribution in [1.82, 2.24) is 4.90 Å². The Morgan fingerprint density at radius 1 is 1.28 bits per heavy atom. The number of nitrogens with zero attached hydrogens (tertiary/aromatic N) is 1. The highest BCUT2D eigenvalue weighted by Gasteiger charge is 2.18. The van der Waals surface area contributed by atoms with E-state index in [9.17, 15) is 4.39 Å². The van der Waals surface area contributed by atoms with Crippen molar-refractivity contribution >= 4 is 12.6 Å². The van der Waals surface area contributed by atoms with E-state index in [0.29, 0.717) is 6.54 Å². The molecule has 0 aliphatic rings. The molecule has 0 aliphatic heterocycles. The van der Waals surface area contributed by atoms with E-state index in [4.69, 9.17) is 10.0 Å². The molecule has 0 atom stereocenters. The first-order chi connectivity index (χ1) is 8.19. The maximum absolute atomic E-state index is 13.3. The molecule has 0 aromatic heterocycles. The van der Waals surface area contributed by atoms with E-state index >= 15 is 0 Å². The van der Waals surface area contributed by atoms with Crippen LogP contribution >= 0.6 is 0 Å². The van der Waals surface area contributed by atoms with Crippen molar-refractivity contribution in [2.45, 2.75) is 27.3 Å². The van der Waals surface area contributed by atoms with E-state index in [0.717, 1.165) is 12.1 Å². The Morgan fingerprint density at radius 2 is 1.89 bits per heavy atom. The molecule has 0 amide bonds. The van der Waals surface area contributed by atoms with Gasteiger partial charge in [-0.15, -0.1) is 0 Å². The number of hydrogen-bond acceptors (Lipinski definition) is 3. The van der Waals surface area contributed by atoms with Crippen LogP contribution in [-0.4, -0.2) is 35.7 Å². The van der Waals surface area contributed by atoms with Crippen LogP contribution in [0.25, 0.3) is 0 Å². The Balaban J connectivity index is 2.76. The van der Waals surface area contributed by atoms with E-state index in [-0.39, 0.29) is 10.9 Å². The van der Waals surface area contributed by atoms with Crippen LogP contribution in [0.2, 0.25) is 0 Å². The fraction of sp³-hybridized carbons (Fsp3) is 0.538. The van der Waals surface area contributed by atoms with Gasteiger partial charge in [-0.2, -0.15) is 0 Å². The van der Waals surface area contributed by atoms with E-state index in [1.165, 1.54) is 12.1 Å². The topological polar surface area (TPSA) is 43.7 Å². The van der Waals surface area contributed by atoms with Crippen molar-refractivity contribution in [3.05, 3.63) is 29.6 Å². The molecule has 0 saturated heterocycles. The van der Waals surface area contributed by atoms with Crippen LogP contribution in [0.15, 0.2) is 18.2 Å². The quantitative estimate of drug-likeness (QED) is 0.786. The summed E-state index contributed by atoms with van der Waals surface area (Å²) in [7, 11) is 0.224. The van der Waals surface area contributed by atoms with Crippen LogP contribution in [0, 0.1) is 11.2 Å². The first kappa shape index (κ1) is 15.2. The fourth-order valence-electron chi connectivity index (χ4n) is 2.07. The van der Waals surface area contributed by atoms with Crippen LogP contribution in [-0.2, 0) is 6.54 Å². The summed E-state index contributed by atoms with van der Waals surface area (Å²) in [6.45, 7) is 8.00. The predicted molar refractivity (Wildman–Crippen MR) is 72.0 cm³/mol. The number of benzene rings is 1. The molecule has 0 saturated carbocycles. The van der Waals surface area contributed by atoms with Crippen molar-refractivity contribution in [1.29, 1.82) is 0 Å². The van der Waals surface area contributed by atoms with E-state index in [1.54, 1.807) is 6.07 Å². The zero-order valence-electron chi connectivity index (χ0n) is 11.4. The lowest BCUT2D eigenvalue weighted by Crippen LogP contribution is -2.34. The van der Waals surface area contributed by atoms with E-state index in [1.807, 2.05) is 7.05 Å². The molecule has 5 heteroatoms. The minimum atomic E-state index is -1.77. The summed E-state index contributed by atoms with van der Waals surface area (Å²) < 4.78 is 13.3. The lowest BCUT2D eigenvalue weighted by molar-refractivity contribution is 0.221. The normalized spacial score (nSPS) is 12.0. The molecule has 1 aromatic carbocycles. The minimum absolute atomic E-state index is 0.0725. The van der Waals surface area contributed by atoms with Gasteiger partial charge in [-0.25, -0.2) is 4.39 Å². The van der Waals surface area contributed by atoms with Crippen molar-refractivity contribution in [3.63, 3.8) is 0 Å². The monoisotopic (exact) mass is 253 g/mol. The molecule has 0 fully saturated rings. The van der Waals surface area contributed by atoms with Crippen molar-refractivity contribution < 1.29 is 14.4 Å². The van der Waals surface area contributed by atoms with Crippen LogP contribution in [0.3, 0.4) is 0 Å². The molecule has 0 aliphatic carbocycles. The number of hydrogen-bond donors (Lipinski definition) is 2. The Hall–Kier alpha value is -0.905. The zero-order valence-corrected chi connectivity index (χ0v) is 11.4. The third-order valence-corrected chi connectivity index (χ3v) is 2.54. The molecular formula is C13H21BFNO2.